The van der Waals surface area contributed by atoms with E-state index >= 15 is 0 Å². The van der Waals surface area contributed by atoms with E-state index in [0.717, 1.165) is 16.5 Å². The van der Waals surface area contributed by atoms with E-state index in [1.165, 1.54) is 6.20 Å². The molecule has 14 heavy (non-hydrogen) atoms. The summed E-state index contributed by atoms with van der Waals surface area (Å²) >= 11 is 0. The first-order valence-corrected chi connectivity index (χ1v) is 4.39. The van der Waals surface area contributed by atoms with Crippen LogP contribution in [0.2, 0.25) is 0 Å². The van der Waals surface area contributed by atoms with E-state index in [0.29, 0.717) is 5.46 Å². The Kier molecular flexibility index (Phi) is 2.23. The molecule has 0 fully saturated rings. The van der Waals surface area contributed by atoms with E-state index in [1.807, 2.05) is 25.1 Å². The molecule has 70 valence electrons. The molecule has 0 saturated heterocycles. The first kappa shape index (κ1) is 9.18. The molecule has 0 radical (unpaired) electrons. The van der Waals surface area contributed by atoms with Crippen LogP contribution < -0.4 is 5.46 Å². The van der Waals surface area contributed by atoms with Gasteiger partial charge >= 0.3 is 7.12 Å². The van der Waals surface area contributed by atoms with E-state index in [4.69, 9.17) is 10.0 Å². The lowest BCUT2D eigenvalue weighted by atomic mass is 9.81. The Bertz CT molecular complexity index is 471. The fraction of sp³-hybridized carbons (Fsp3) is 0.100. The molecule has 1 heterocycles. The number of hydrogen-bond acceptors (Lipinski definition) is 3. The highest BCUT2D eigenvalue weighted by Gasteiger charge is 2.11. The molecule has 0 aliphatic heterocycles. The lowest BCUT2D eigenvalue weighted by molar-refractivity contribution is 0.425. The van der Waals surface area contributed by atoms with Gasteiger partial charge in [-0.05, 0) is 23.9 Å². The maximum Gasteiger partial charge on any atom is 0.490 e. The van der Waals surface area contributed by atoms with Crippen molar-refractivity contribution in [2.75, 3.05) is 0 Å². The third-order valence-electron chi connectivity index (χ3n) is 2.16. The molecule has 2 aromatic rings. The van der Waals surface area contributed by atoms with Crippen LogP contribution in [-0.4, -0.2) is 22.2 Å². The van der Waals surface area contributed by atoms with Crippen molar-refractivity contribution >= 4 is 23.5 Å². The molecule has 0 unspecified atom stereocenters. The Labute approximate surface area is 82.2 Å². The molecule has 0 aliphatic rings. The topological polar surface area (TPSA) is 53.4 Å². The standard InChI is InChI=1S/C10H10BNO2/c1-7-2-3-8-5-9(11(13)14)6-12-10(8)4-7/h2-6,13-14H,1H3. The van der Waals surface area contributed by atoms with Crippen LogP contribution >= 0.6 is 0 Å². The van der Waals surface area contributed by atoms with Gasteiger partial charge in [0.05, 0.1) is 5.52 Å². The minimum Gasteiger partial charge on any atom is -0.423 e. The largest absolute Gasteiger partial charge is 0.490 e. The summed E-state index contributed by atoms with van der Waals surface area (Å²) in [6.45, 7) is 2.00. The highest BCUT2D eigenvalue weighted by molar-refractivity contribution is 6.58. The van der Waals surface area contributed by atoms with Crippen LogP contribution in [0.15, 0.2) is 30.5 Å². The summed E-state index contributed by atoms with van der Waals surface area (Å²) in [7, 11) is -1.45. The first-order valence-electron chi connectivity index (χ1n) is 4.39. The van der Waals surface area contributed by atoms with Crippen LogP contribution in [0.4, 0.5) is 0 Å². The van der Waals surface area contributed by atoms with Gasteiger partial charge in [-0.15, -0.1) is 0 Å². The van der Waals surface area contributed by atoms with Gasteiger partial charge in [-0.25, -0.2) is 0 Å². The minimum atomic E-state index is -1.45. The summed E-state index contributed by atoms with van der Waals surface area (Å²) in [6.07, 6.45) is 1.48. The van der Waals surface area contributed by atoms with Crippen molar-refractivity contribution in [1.82, 2.24) is 4.98 Å². The number of nitrogens with zero attached hydrogens (tertiary/aromatic N) is 1. The molecule has 1 aromatic carbocycles. The molecule has 0 bridgehead atoms. The molecule has 2 N–H and O–H groups in total. The second-order valence-electron chi connectivity index (χ2n) is 3.34. The lowest BCUT2D eigenvalue weighted by Gasteiger charge is -2.02. The molecule has 0 saturated carbocycles. The van der Waals surface area contributed by atoms with Crippen molar-refractivity contribution in [1.29, 1.82) is 0 Å². The number of fused-ring (bicyclic) bond motifs is 1. The summed E-state index contributed by atoms with van der Waals surface area (Å²) in [6, 6.07) is 7.58. The normalized spacial score (nSPS) is 10.5. The van der Waals surface area contributed by atoms with Crippen molar-refractivity contribution in [3.63, 3.8) is 0 Å². The van der Waals surface area contributed by atoms with E-state index < -0.39 is 7.12 Å². The van der Waals surface area contributed by atoms with Crippen molar-refractivity contribution < 1.29 is 10.0 Å². The fourth-order valence-electron chi connectivity index (χ4n) is 1.39. The van der Waals surface area contributed by atoms with E-state index in [9.17, 15) is 0 Å². The zero-order chi connectivity index (χ0) is 10.1. The van der Waals surface area contributed by atoms with Crippen LogP contribution in [0.3, 0.4) is 0 Å². The van der Waals surface area contributed by atoms with Gasteiger partial charge in [0.2, 0.25) is 0 Å². The Hall–Kier alpha value is -1.39. The predicted molar refractivity (Wildman–Crippen MR) is 56.3 cm³/mol. The molecule has 0 aliphatic carbocycles. The van der Waals surface area contributed by atoms with Crippen LogP contribution in [0.5, 0.6) is 0 Å². The smallest absolute Gasteiger partial charge is 0.423 e. The third kappa shape index (κ3) is 1.62. The summed E-state index contributed by atoms with van der Waals surface area (Å²) in [5, 5.41) is 18.8. The third-order valence-corrected chi connectivity index (χ3v) is 2.16. The van der Waals surface area contributed by atoms with Crippen molar-refractivity contribution in [3.8, 4) is 0 Å². The van der Waals surface area contributed by atoms with Gasteiger partial charge in [0.1, 0.15) is 0 Å². The minimum absolute atomic E-state index is 0.418. The fourth-order valence-corrected chi connectivity index (χ4v) is 1.39. The summed E-state index contributed by atoms with van der Waals surface area (Å²) in [4.78, 5) is 4.14. The van der Waals surface area contributed by atoms with Crippen LogP contribution in [0.25, 0.3) is 10.9 Å². The number of pyridine rings is 1. The van der Waals surface area contributed by atoms with Gasteiger partial charge in [-0.3, -0.25) is 4.98 Å². The van der Waals surface area contributed by atoms with Crippen molar-refractivity contribution in [2.45, 2.75) is 6.92 Å². The molecule has 3 nitrogen and oxygen atoms in total. The van der Waals surface area contributed by atoms with Crippen molar-refractivity contribution in [2.24, 2.45) is 0 Å². The molecule has 4 heteroatoms. The first-order chi connectivity index (χ1) is 6.66. The van der Waals surface area contributed by atoms with Crippen LogP contribution in [0.1, 0.15) is 5.56 Å². The van der Waals surface area contributed by atoms with Gasteiger partial charge < -0.3 is 10.0 Å². The number of rotatable bonds is 1. The molecule has 2 rings (SSSR count). The van der Waals surface area contributed by atoms with E-state index in [-0.39, 0.29) is 0 Å². The van der Waals surface area contributed by atoms with Crippen LogP contribution in [0, 0.1) is 6.92 Å². The molecular formula is C10H10BNO2. The lowest BCUT2D eigenvalue weighted by Crippen LogP contribution is -2.29. The highest BCUT2D eigenvalue weighted by Crippen LogP contribution is 2.11. The van der Waals surface area contributed by atoms with Gasteiger partial charge in [-0.2, -0.15) is 0 Å². The number of benzene rings is 1. The highest BCUT2D eigenvalue weighted by atomic mass is 16.4. The molecule has 0 amide bonds. The van der Waals surface area contributed by atoms with E-state index in [2.05, 4.69) is 4.98 Å². The number of hydrogen-bond donors (Lipinski definition) is 2. The number of aryl methyl sites for hydroxylation is 1. The Morgan fingerprint density at radius 2 is 2.00 bits per heavy atom. The average molecular weight is 187 g/mol. The zero-order valence-electron chi connectivity index (χ0n) is 7.81. The zero-order valence-corrected chi connectivity index (χ0v) is 7.81. The predicted octanol–water partition coefficient (Wildman–Crippen LogP) is 0.223. The van der Waals surface area contributed by atoms with Gasteiger partial charge in [-0.1, -0.05) is 18.2 Å². The van der Waals surface area contributed by atoms with Gasteiger partial charge in [0.25, 0.3) is 0 Å². The second kappa shape index (κ2) is 3.40. The summed E-state index contributed by atoms with van der Waals surface area (Å²) < 4.78 is 0. The SMILES string of the molecule is Cc1ccc2cc(B(O)O)cnc2c1. The van der Waals surface area contributed by atoms with E-state index in [1.54, 1.807) is 6.07 Å². The Balaban J connectivity index is 2.62. The second-order valence-corrected chi connectivity index (χ2v) is 3.34. The van der Waals surface area contributed by atoms with Crippen molar-refractivity contribution in [3.05, 3.63) is 36.0 Å². The molecular weight excluding hydrogens is 177 g/mol. The average Bonchev–Trinajstić information content (AvgIpc) is 2.16. The molecule has 0 spiro atoms. The van der Waals surface area contributed by atoms with Gasteiger partial charge in [0, 0.05) is 11.7 Å². The summed E-state index contributed by atoms with van der Waals surface area (Å²) in [5.74, 6) is 0. The monoisotopic (exact) mass is 187 g/mol. The maximum absolute atomic E-state index is 8.95. The quantitative estimate of drug-likeness (QED) is 0.628. The molecule has 1 aromatic heterocycles. The Morgan fingerprint density at radius 1 is 1.21 bits per heavy atom. The maximum atomic E-state index is 8.95. The number of aromatic nitrogens is 1. The summed E-state index contributed by atoms with van der Waals surface area (Å²) in [5.41, 5.74) is 2.43. The van der Waals surface area contributed by atoms with Crippen LogP contribution in [-0.2, 0) is 0 Å². The Morgan fingerprint density at radius 3 is 2.71 bits per heavy atom. The van der Waals surface area contributed by atoms with Gasteiger partial charge in [0.15, 0.2) is 0 Å². The molecule has 0 atom stereocenters.